The lowest BCUT2D eigenvalue weighted by Gasteiger charge is -2.14. The van der Waals surface area contributed by atoms with Crippen LogP contribution in [0.3, 0.4) is 0 Å². The van der Waals surface area contributed by atoms with Crippen LogP contribution in [0.15, 0.2) is 24.3 Å². The molecule has 0 saturated carbocycles. The SMILES string of the molecule is Cc1cc(C(Br)c2ccc(F)c(F)c2F)c(F)cc1F. The van der Waals surface area contributed by atoms with Crippen molar-refractivity contribution in [2.24, 2.45) is 0 Å². The molecule has 106 valence electrons. The molecule has 0 aliphatic carbocycles. The van der Waals surface area contributed by atoms with Crippen molar-refractivity contribution in [2.45, 2.75) is 11.8 Å². The number of halogens is 6. The van der Waals surface area contributed by atoms with Crippen LogP contribution in [0.2, 0.25) is 0 Å². The van der Waals surface area contributed by atoms with E-state index in [2.05, 4.69) is 15.9 Å². The maximum Gasteiger partial charge on any atom is 0.194 e. The standard InChI is InChI=1S/C14H8BrF5/c1-6-4-8(11(18)5-10(6)17)12(15)7-2-3-9(16)14(20)13(7)19/h2-5,12H,1H3. The molecule has 0 heterocycles. The number of alkyl halides is 1. The van der Waals surface area contributed by atoms with Crippen LogP contribution in [-0.2, 0) is 0 Å². The molecular formula is C14H8BrF5. The fourth-order valence-electron chi connectivity index (χ4n) is 1.78. The van der Waals surface area contributed by atoms with Crippen molar-refractivity contribution < 1.29 is 22.0 Å². The average Bonchev–Trinajstić information content (AvgIpc) is 2.40. The minimum atomic E-state index is -1.63. The second-order valence-corrected chi connectivity index (χ2v) is 5.17. The zero-order valence-electron chi connectivity index (χ0n) is 10.2. The van der Waals surface area contributed by atoms with Gasteiger partial charge < -0.3 is 0 Å². The highest BCUT2D eigenvalue weighted by Crippen LogP contribution is 2.35. The molecular weight excluding hydrogens is 343 g/mol. The number of aryl methyl sites for hydroxylation is 1. The summed E-state index contributed by atoms with van der Waals surface area (Å²) in [5, 5.41) is 0. The lowest BCUT2D eigenvalue weighted by atomic mass is 10.0. The Morgan fingerprint density at radius 2 is 1.45 bits per heavy atom. The summed E-state index contributed by atoms with van der Waals surface area (Å²) in [5.74, 6) is -6.02. The smallest absolute Gasteiger partial charge is 0.194 e. The van der Waals surface area contributed by atoms with Crippen molar-refractivity contribution in [3.05, 3.63) is 70.0 Å². The lowest BCUT2D eigenvalue weighted by molar-refractivity contribution is 0.441. The Morgan fingerprint density at radius 1 is 0.800 bits per heavy atom. The maximum absolute atomic E-state index is 13.7. The first-order valence-corrected chi connectivity index (χ1v) is 6.47. The molecule has 1 unspecified atom stereocenters. The van der Waals surface area contributed by atoms with E-state index in [1.807, 2.05) is 0 Å². The van der Waals surface area contributed by atoms with E-state index in [0.29, 0.717) is 6.07 Å². The van der Waals surface area contributed by atoms with Crippen molar-refractivity contribution in [1.29, 1.82) is 0 Å². The fourth-order valence-corrected chi connectivity index (χ4v) is 2.48. The summed E-state index contributed by atoms with van der Waals surface area (Å²) in [6, 6.07) is 3.60. The Balaban J connectivity index is 2.55. The second-order valence-electron chi connectivity index (χ2n) is 4.25. The second kappa shape index (κ2) is 5.52. The van der Waals surface area contributed by atoms with Gasteiger partial charge in [0, 0.05) is 17.2 Å². The Bertz CT molecular complexity index is 667. The van der Waals surface area contributed by atoms with E-state index in [9.17, 15) is 22.0 Å². The van der Waals surface area contributed by atoms with Crippen molar-refractivity contribution in [3.8, 4) is 0 Å². The molecule has 0 amide bonds. The van der Waals surface area contributed by atoms with Gasteiger partial charge in [0.05, 0.1) is 4.83 Å². The van der Waals surface area contributed by atoms with Gasteiger partial charge in [-0.05, 0) is 24.6 Å². The van der Waals surface area contributed by atoms with Gasteiger partial charge in [-0.2, -0.15) is 0 Å². The average molecular weight is 351 g/mol. The minimum Gasteiger partial charge on any atom is -0.207 e. The Kier molecular flexibility index (Phi) is 4.13. The first-order chi connectivity index (χ1) is 9.32. The highest BCUT2D eigenvalue weighted by molar-refractivity contribution is 9.09. The van der Waals surface area contributed by atoms with Gasteiger partial charge in [-0.15, -0.1) is 0 Å². The molecule has 0 bridgehead atoms. The van der Waals surface area contributed by atoms with Crippen LogP contribution < -0.4 is 0 Å². The first-order valence-electron chi connectivity index (χ1n) is 5.56. The molecule has 20 heavy (non-hydrogen) atoms. The predicted octanol–water partition coefficient (Wildman–Crippen LogP) is 5.17. The van der Waals surface area contributed by atoms with Crippen LogP contribution in [-0.4, -0.2) is 0 Å². The molecule has 0 N–H and O–H groups in total. The number of rotatable bonds is 2. The van der Waals surface area contributed by atoms with Crippen molar-refractivity contribution >= 4 is 15.9 Å². The van der Waals surface area contributed by atoms with Gasteiger partial charge in [-0.25, -0.2) is 22.0 Å². The van der Waals surface area contributed by atoms with Crippen LogP contribution in [0, 0.1) is 36.0 Å². The molecule has 2 aromatic rings. The Labute approximate surface area is 120 Å². The third-order valence-corrected chi connectivity index (χ3v) is 3.88. The molecule has 1 atom stereocenters. The van der Waals surface area contributed by atoms with Gasteiger partial charge in [-0.1, -0.05) is 22.0 Å². The topological polar surface area (TPSA) is 0 Å². The van der Waals surface area contributed by atoms with Gasteiger partial charge in [0.25, 0.3) is 0 Å². The normalized spacial score (nSPS) is 12.6. The third kappa shape index (κ3) is 2.57. The van der Waals surface area contributed by atoms with Gasteiger partial charge >= 0.3 is 0 Å². The number of benzene rings is 2. The molecule has 0 aliphatic heterocycles. The van der Waals surface area contributed by atoms with Crippen LogP contribution in [0.5, 0.6) is 0 Å². The first kappa shape index (κ1) is 15.0. The summed E-state index contributed by atoms with van der Waals surface area (Å²) in [6.45, 7) is 1.42. The molecule has 0 aliphatic rings. The summed E-state index contributed by atoms with van der Waals surface area (Å²) in [5.41, 5.74) is -0.170. The molecule has 0 fully saturated rings. The van der Waals surface area contributed by atoms with Crippen molar-refractivity contribution in [1.82, 2.24) is 0 Å². The largest absolute Gasteiger partial charge is 0.207 e. The Hall–Kier alpha value is -1.43. The summed E-state index contributed by atoms with van der Waals surface area (Å²) in [4.78, 5) is -1.06. The molecule has 0 aromatic heterocycles. The van der Waals surface area contributed by atoms with Gasteiger partial charge in [-0.3, -0.25) is 0 Å². The number of hydrogen-bond acceptors (Lipinski definition) is 0. The van der Waals surface area contributed by atoms with Crippen molar-refractivity contribution in [3.63, 3.8) is 0 Å². The van der Waals surface area contributed by atoms with E-state index in [0.717, 1.165) is 12.1 Å². The zero-order valence-corrected chi connectivity index (χ0v) is 11.7. The summed E-state index contributed by atoms with van der Waals surface area (Å²) in [7, 11) is 0. The molecule has 0 spiro atoms. The molecule has 2 rings (SSSR count). The lowest BCUT2D eigenvalue weighted by Crippen LogP contribution is -2.04. The zero-order chi connectivity index (χ0) is 15.0. The van der Waals surface area contributed by atoms with Gasteiger partial charge in [0.2, 0.25) is 0 Å². The maximum atomic E-state index is 13.7. The van der Waals surface area contributed by atoms with E-state index in [-0.39, 0.29) is 16.7 Å². The highest BCUT2D eigenvalue weighted by atomic mass is 79.9. The van der Waals surface area contributed by atoms with Crippen LogP contribution in [0.4, 0.5) is 22.0 Å². The molecule has 0 saturated heterocycles. The number of hydrogen-bond donors (Lipinski definition) is 0. The predicted molar refractivity (Wildman–Crippen MR) is 68.2 cm³/mol. The summed E-state index contributed by atoms with van der Waals surface area (Å²) in [6.07, 6.45) is 0. The summed E-state index contributed by atoms with van der Waals surface area (Å²) < 4.78 is 66.6. The molecule has 0 nitrogen and oxygen atoms in total. The molecule has 0 radical (unpaired) electrons. The van der Waals surface area contributed by atoms with Gasteiger partial charge in [0.1, 0.15) is 11.6 Å². The van der Waals surface area contributed by atoms with Gasteiger partial charge in [0.15, 0.2) is 17.5 Å². The van der Waals surface area contributed by atoms with Crippen LogP contribution in [0.25, 0.3) is 0 Å². The van der Waals surface area contributed by atoms with Crippen molar-refractivity contribution in [2.75, 3.05) is 0 Å². The quantitative estimate of drug-likeness (QED) is 0.398. The third-order valence-electron chi connectivity index (χ3n) is 2.89. The molecule has 2 aromatic carbocycles. The monoisotopic (exact) mass is 350 g/mol. The minimum absolute atomic E-state index is 0.0613. The highest BCUT2D eigenvalue weighted by Gasteiger charge is 2.23. The van der Waals surface area contributed by atoms with E-state index >= 15 is 0 Å². The fraction of sp³-hybridized carbons (Fsp3) is 0.143. The van der Waals surface area contributed by atoms with Crippen LogP contribution in [0.1, 0.15) is 21.5 Å². The van der Waals surface area contributed by atoms with E-state index < -0.39 is 33.9 Å². The van der Waals surface area contributed by atoms with E-state index in [1.54, 1.807) is 0 Å². The molecule has 6 heteroatoms. The van der Waals surface area contributed by atoms with E-state index in [1.165, 1.54) is 13.0 Å². The van der Waals surface area contributed by atoms with E-state index in [4.69, 9.17) is 0 Å². The Morgan fingerprint density at radius 3 is 2.10 bits per heavy atom. The summed E-state index contributed by atoms with van der Waals surface area (Å²) >= 11 is 3.02. The van der Waals surface area contributed by atoms with Crippen LogP contribution >= 0.6 is 15.9 Å².